The van der Waals surface area contributed by atoms with Gasteiger partial charge in [-0.2, -0.15) is 0 Å². The van der Waals surface area contributed by atoms with E-state index < -0.39 is 0 Å². The van der Waals surface area contributed by atoms with Gasteiger partial charge in [0.15, 0.2) is 0 Å². The zero-order chi connectivity index (χ0) is 12.8. The van der Waals surface area contributed by atoms with Gasteiger partial charge in [-0.15, -0.1) is 0 Å². The minimum absolute atomic E-state index is 0.401. The molecule has 0 aliphatic heterocycles. The number of rotatable bonds is 2. The molecule has 18 heavy (non-hydrogen) atoms. The molecule has 0 spiro atoms. The molecule has 1 saturated carbocycles. The van der Waals surface area contributed by atoms with Crippen LogP contribution in [0.5, 0.6) is 5.75 Å². The molecule has 0 atom stereocenters. The van der Waals surface area contributed by atoms with Crippen LogP contribution in [0.1, 0.15) is 43.2 Å². The van der Waals surface area contributed by atoms with Crippen molar-refractivity contribution in [3.8, 4) is 17.6 Å². The number of nitrogens with two attached hydrogens (primary N) is 1. The van der Waals surface area contributed by atoms with Crippen molar-refractivity contribution in [2.45, 2.75) is 45.1 Å². The summed E-state index contributed by atoms with van der Waals surface area (Å²) in [5.74, 6) is 6.92. The fourth-order valence-electron chi connectivity index (χ4n) is 2.38. The quantitative estimate of drug-likeness (QED) is 0.810. The van der Waals surface area contributed by atoms with E-state index in [1.165, 1.54) is 32.1 Å². The monoisotopic (exact) mass is 243 g/mol. The van der Waals surface area contributed by atoms with E-state index >= 15 is 0 Å². The molecule has 2 rings (SSSR count). The maximum atomic E-state index is 6.07. The second kappa shape index (κ2) is 6.47. The molecule has 2 nitrogen and oxygen atoms in total. The number of hydrogen-bond donors (Lipinski definition) is 1. The van der Waals surface area contributed by atoms with Crippen molar-refractivity contribution >= 4 is 0 Å². The molecule has 1 aliphatic rings. The van der Waals surface area contributed by atoms with E-state index in [1.807, 2.05) is 12.1 Å². The summed E-state index contributed by atoms with van der Waals surface area (Å²) in [4.78, 5) is 0. The minimum atomic E-state index is 0.401. The third-order valence-corrected chi connectivity index (χ3v) is 3.36. The summed E-state index contributed by atoms with van der Waals surface area (Å²) in [6.45, 7) is 2.48. The smallest absolute Gasteiger partial charge is 0.122 e. The van der Waals surface area contributed by atoms with Gasteiger partial charge < -0.3 is 10.5 Å². The Labute approximate surface area is 110 Å². The first-order valence-electron chi connectivity index (χ1n) is 6.76. The van der Waals surface area contributed by atoms with Crippen molar-refractivity contribution in [3.05, 3.63) is 29.3 Å². The van der Waals surface area contributed by atoms with E-state index in [9.17, 15) is 0 Å². The number of aryl methyl sites for hydroxylation is 1. The van der Waals surface area contributed by atoms with Crippen molar-refractivity contribution in [1.29, 1.82) is 0 Å². The zero-order valence-electron chi connectivity index (χ0n) is 11.0. The molecule has 0 saturated heterocycles. The largest absolute Gasteiger partial charge is 0.490 e. The number of hydrogen-bond acceptors (Lipinski definition) is 2. The topological polar surface area (TPSA) is 35.2 Å². The van der Waals surface area contributed by atoms with Gasteiger partial charge >= 0.3 is 0 Å². The van der Waals surface area contributed by atoms with E-state index in [0.717, 1.165) is 16.9 Å². The van der Waals surface area contributed by atoms with Gasteiger partial charge in [-0.1, -0.05) is 18.3 Å². The lowest BCUT2D eigenvalue weighted by molar-refractivity contribution is 0.154. The lowest BCUT2D eigenvalue weighted by Gasteiger charge is -2.23. The molecule has 0 amide bonds. The van der Waals surface area contributed by atoms with Crippen LogP contribution >= 0.6 is 0 Å². The number of benzene rings is 1. The van der Waals surface area contributed by atoms with Crippen molar-refractivity contribution < 1.29 is 4.74 Å². The second-order valence-electron chi connectivity index (χ2n) is 4.86. The van der Waals surface area contributed by atoms with Gasteiger partial charge in [-0.25, -0.2) is 0 Å². The lowest BCUT2D eigenvalue weighted by atomic mass is 9.97. The van der Waals surface area contributed by atoms with E-state index in [-0.39, 0.29) is 0 Å². The van der Waals surface area contributed by atoms with Crippen molar-refractivity contribution in [2.24, 2.45) is 5.73 Å². The van der Waals surface area contributed by atoms with Crippen LogP contribution in [0.15, 0.2) is 18.2 Å². The molecule has 1 aromatic carbocycles. The van der Waals surface area contributed by atoms with Crippen LogP contribution in [-0.2, 0) is 0 Å². The maximum absolute atomic E-state index is 6.07. The van der Waals surface area contributed by atoms with E-state index in [0.29, 0.717) is 12.6 Å². The van der Waals surface area contributed by atoms with Crippen LogP contribution in [-0.4, -0.2) is 12.6 Å². The summed E-state index contributed by atoms with van der Waals surface area (Å²) in [6.07, 6.45) is 6.72. The van der Waals surface area contributed by atoms with Gasteiger partial charge in [-0.3, -0.25) is 0 Å². The first-order chi connectivity index (χ1) is 8.79. The maximum Gasteiger partial charge on any atom is 0.122 e. The van der Waals surface area contributed by atoms with Crippen LogP contribution in [0.2, 0.25) is 0 Å². The first-order valence-corrected chi connectivity index (χ1v) is 6.76. The summed E-state index contributed by atoms with van der Waals surface area (Å²) >= 11 is 0. The minimum Gasteiger partial charge on any atom is -0.490 e. The van der Waals surface area contributed by atoms with Crippen LogP contribution < -0.4 is 10.5 Å². The molecule has 0 radical (unpaired) electrons. The van der Waals surface area contributed by atoms with E-state index in [2.05, 4.69) is 24.8 Å². The summed E-state index contributed by atoms with van der Waals surface area (Å²) in [7, 11) is 0. The van der Waals surface area contributed by atoms with Gasteiger partial charge in [0.25, 0.3) is 0 Å². The third kappa shape index (κ3) is 3.51. The van der Waals surface area contributed by atoms with Gasteiger partial charge in [0.2, 0.25) is 0 Å². The Kier molecular flexibility index (Phi) is 4.66. The highest BCUT2D eigenvalue weighted by Gasteiger charge is 2.15. The molecule has 0 heterocycles. The van der Waals surface area contributed by atoms with Crippen LogP contribution in [0.3, 0.4) is 0 Å². The van der Waals surface area contributed by atoms with E-state index in [1.54, 1.807) is 0 Å². The van der Waals surface area contributed by atoms with Gasteiger partial charge in [-0.05, 0) is 56.4 Å². The highest BCUT2D eigenvalue weighted by atomic mass is 16.5. The van der Waals surface area contributed by atoms with Crippen LogP contribution in [0, 0.1) is 18.8 Å². The SMILES string of the molecule is Cc1cc(C#CCN)ccc1OC1CCCCC1. The van der Waals surface area contributed by atoms with Gasteiger partial charge in [0, 0.05) is 5.56 Å². The Morgan fingerprint density at radius 3 is 2.72 bits per heavy atom. The van der Waals surface area contributed by atoms with Crippen molar-refractivity contribution in [3.63, 3.8) is 0 Å². The molecular formula is C16H21NO. The Hall–Kier alpha value is -1.46. The Balaban J connectivity index is 2.04. The summed E-state index contributed by atoms with van der Waals surface area (Å²) in [5, 5.41) is 0. The molecule has 96 valence electrons. The van der Waals surface area contributed by atoms with E-state index in [4.69, 9.17) is 10.5 Å². The Morgan fingerprint density at radius 2 is 2.06 bits per heavy atom. The molecule has 0 bridgehead atoms. The molecule has 1 aliphatic carbocycles. The van der Waals surface area contributed by atoms with Gasteiger partial charge in [0.05, 0.1) is 12.6 Å². The molecule has 1 aromatic rings. The molecule has 0 aromatic heterocycles. The fraction of sp³-hybridized carbons (Fsp3) is 0.500. The lowest BCUT2D eigenvalue weighted by Crippen LogP contribution is -2.20. The Morgan fingerprint density at radius 1 is 1.28 bits per heavy atom. The Bertz CT molecular complexity index is 450. The molecule has 0 unspecified atom stereocenters. The highest BCUT2D eigenvalue weighted by molar-refractivity contribution is 5.43. The van der Waals surface area contributed by atoms with Crippen molar-refractivity contribution in [2.75, 3.05) is 6.54 Å². The average molecular weight is 243 g/mol. The molecular weight excluding hydrogens is 222 g/mol. The first kappa shape index (κ1) is 13.0. The highest BCUT2D eigenvalue weighted by Crippen LogP contribution is 2.26. The fourth-order valence-corrected chi connectivity index (χ4v) is 2.38. The van der Waals surface area contributed by atoms with Gasteiger partial charge in [0.1, 0.15) is 5.75 Å². The van der Waals surface area contributed by atoms with Crippen LogP contribution in [0.25, 0.3) is 0 Å². The summed E-state index contributed by atoms with van der Waals surface area (Å²) < 4.78 is 6.07. The molecule has 1 fully saturated rings. The standard InChI is InChI=1S/C16H21NO/c1-13-12-14(6-5-11-17)9-10-16(13)18-15-7-3-2-4-8-15/h9-10,12,15H,2-4,7-8,11,17H2,1H3. The second-order valence-corrected chi connectivity index (χ2v) is 4.86. The summed E-state index contributed by atoms with van der Waals surface area (Å²) in [6, 6.07) is 6.11. The third-order valence-electron chi connectivity index (χ3n) is 3.36. The predicted molar refractivity (Wildman–Crippen MR) is 74.6 cm³/mol. The zero-order valence-corrected chi connectivity index (χ0v) is 11.0. The van der Waals surface area contributed by atoms with Crippen LogP contribution in [0.4, 0.5) is 0 Å². The molecule has 2 heteroatoms. The van der Waals surface area contributed by atoms with Crippen molar-refractivity contribution in [1.82, 2.24) is 0 Å². The normalized spacial score (nSPS) is 15.9. The number of ether oxygens (including phenoxy) is 1. The predicted octanol–water partition coefficient (Wildman–Crippen LogP) is 3.02. The average Bonchev–Trinajstić information content (AvgIpc) is 2.40. The summed E-state index contributed by atoms with van der Waals surface area (Å²) in [5.41, 5.74) is 7.53. The molecule has 2 N–H and O–H groups in total.